The van der Waals surface area contributed by atoms with Crippen molar-refractivity contribution < 1.29 is 9.53 Å². The molecule has 17 heavy (non-hydrogen) atoms. The number of hydrogen-bond acceptors (Lipinski definition) is 3. The van der Waals surface area contributed by atoms with Crippen LogP contribution in [0.15, 0.2) is 0 Å². The van der Waals surface area contributed by atoms with E-state index in [0.29, 0.717) is 18.9 Å². The van der Waals surface area contributed by atoms with Crippen molar-refractivity contribution in [3.8, 4) is 0 Å². The average Bonchev–Trinajstić information content (AvgIpc) is 2.66. The van der Waals surface area contributed by atoms with Crippen molar-refractivity contribution in [3.05, 3.63) is 0 Å². The molecule has 102 valence electrons. The molecule has 1 saturated heterocycles. The van der Waals surface area contributed by atoms with Gasteiger partial charge in [-0.3, -0.25) is 4.79 Å². The SMILES string of the molecule is CC(C)CCOC1CCN(C(=O)CCN)C1.Cl. The van der Waals surface area contributed by atoms with E-state index >= 15 is 0 Å². The molecule has 1 atom stereocenters. The molecule has 1 fully saturated rings. The van der Waals surface area contributed by atoms with Crippen LogP contribution in [0.3, 0.4) is 0 Å². The molecule has 4 nitrogen and oxygen atoms in total. The van der Waals surface area contributed by atoms with Gasteiger partial charge in [0.2, 0.25) is 5.91 Å². The van der Waals surface area contributed by atoms with Gasteiger partial charge in [-0.15, -0.1) is 12.4 Å². The monoisotopic (exact) mass is 264 g/mol. The number of nitrogens with zero attached hydrogens (tertiary/aromatic N) is 1. The predicted octanol–water partition coefficient (Wildman–Crippen LogP) is 1.42. The smallest absolute Gasteiger partial charge is 0.223 e. The predicted molar refractivity (Wildman–Crippen MR) is 71.3 cm³/mol. The zero-order valence-corrected chi connectivity index (χ0v) is 11.7. The molecule has 5 heteroatoms. The third-order valence-electron chi connectivity index (χ3n) is 2.90. The van der Waals surface area contributed by atoms with Crippen LogP contribution in [0.25, 0.3) is 0 Å². The summed E-state index contributed by atoms with van der Waals surface area (Å²) in [4.78, 5) is 13.4. The van der Waals surface area contributed by atoms with Crippen LogP contribution in [0, 0.1) is 5.92 Å². The summed E-state index contributed by atoms with van der Waals surface area (Å²) in [6, 6.07) is 0. The molecule has 0 aromatic rings. The van der Waals surface area contributed by atoms with Crippen LogP contribution in [-0.4, -0.2) is 43.2 Å². The van der Waals surface area contributed by atoms with Gasteiger partial charge in [0, 0.05) is 32.7 Å². The van der Waals surface area contributed by atoms with Crippen LogP contribution < -0.4 is 5.73 Å². The van der Waals surface area contributed by atoms with E-state index in [0.717, 1.165) is 32.5 Å². The Bertz CT molecular complexity index is 225. The number of likely N-dealkylation sites (tertiary alicyclic amines) is 1. The fraction of sp³-hybridized carbons (Fsp3) is 0.917. The van der Waals surface area contributed by atoms with E-state index in [2.05, 4.69) is 13.8 Å². The highest BCUT2D eigenvalue weighted by molar-refractivity contribution is 5.85. The second-order valence-corrected chi connectivity index (χ2v) is 4.84. The lowest BCUT2D eigenvalue weighted by Crippen LogP contribution is -2.31. The van der Waals surface area contributed by atoms with Gasteiger partial charge in [-0.1, -0.05) is 13.8 Å². The quantitative estimate of drug-likeness (QED) is 0.790. The van der Waals surface area contributed by atoms with Gasteiger partial charge >= 0.3 is 0 Å². The minimum atomic E-state index is 0. The van der Waals surface area contributed by atoms with Gasteiger partial charge in [-0.25, -0.2) is 0 Å². The highest BCUT2D eigenvalue weighted by Gasteiger charge is 2.25. The van der Waals surface area contributed by atoms with E-state index in [1.54, 1.807) is 0 Å². The first-order valence-electron chi connectivity index (χ1n) is 6.23. The molecule has 0 radical (unpaired) electrons. The molecule has 0 aliphatic carbocycles. The maximum Gasteiger partial charge on any atom is 0.223 e. The van der Waals surface area contributed by atoms with Crippen LogP contribution in [0.4, 0.5) is 0 Å². The molecule has 0 spiro atoms. The summed E-state index contributed by atoms with van der Waals surface area (Å²) in [5, 5.41) is 0. The molecular formula is C12H25ClN2O2. The summed E-state index contributed by atoms with van der Waals surface area (Å²) in [7, 11) is 0. The lowest BCUT2D eigenvalue weighted by molar-refractivity contribution is -0.130. The van der Waals surface area contributed by atoms with E-state index in [9.17, 15) is 4.79 Å². The number of nitrogens with two attached hydrogens (primary N) is 1. The zero-order chi connectivity index (χ0) is 12.0. The Balaban J connectivity index is 0.00000256. The summed E-state index contributed by atoms with van der Waals surface area (Å²) in [5.41, 5.74) is 5.37. The van der Waals surface area contributed by atoms with Crippen LogP contribution in [-0.2, 0) is 9.53 Å². The van der Waals surface area contributed by atoms with Crippen molar-refractivity contribution in [3.63, 3.8) is 0 Å². The molecule has 1 aliphatic heterocycles. The van der Waals surface area contributed by atoms with E-state index in [1.807, 2.05) is 4.90 Å². The van der Waals surface area contributed by atoms with Crippen LogP contribution >= 0.6 is 12.4 Å². The van der Waals surface area contributed by atoms with Crippen molar-refractivity contribution in [1.82, 2.24) is 4.90 Å². The molecule has 0 saturated carbocycles. The van der Waals surface area contributed by atoms with Gasteiger partial charge in [0.05, 0.1) is 6.10 Å². The van der Waals surface area contributed by atoms with Crippen LogP contribution in [0.5, 0.6) is 0 Å². The zero-order valence-electron chi connectivity index (χ0n) is 10.9. The fourth-order valence-corrected chi connectivity index (χ4v) is 1.84. The Kier molecular flexibility index (Phi) is 8.56. The summed E-state index contributed by atoms with van der Waals surface area (Å²) >= 11 is 0. The third-order valence-corrected chi connectivity index (χ3v) is 2.90. The Morgan fingerprint density at radius 3 is 2.82 bits per heavy atom. The van der Waals surface area contributed by atoms with Crippen molar-refractivity contribution in [2.24, 2.45) is 11.7 Å². The number of amides is 1. The summed E-state index contributed by atoms with van der Waals surface area (Å²) in [6.07, 6.45) is 2.75. The van der Waals surface area contributed by atoms with Crippen LogP contribution in [0.2, 0.25) is 0 Å². The van der Waals surface area contributed by atoms with Gasteiger partial charge in [0.25, 0.3) is 0 Å². The summed E-state index contributed by atoms with van der Waals surface area (Å²) in [6.45, 7) is 7.20. The van der Waals surface area contributed by atoms with Gasteiger partial charge < -0.3 is 15.4 Å². The molecule has 1 rings (SSSR count). The Morgan fingerprint density at radius 2 is 2.24 bits per heavy atom. The van der Waals surface area contributed by atoms with Crippen LogP contribution in [0.1, 0.15) is 33.1 Å². The Morgan fingerprint density at radius 1 is 1.53 bits per heavy atom. The first kappa shape index (κ1) is 16.7. The highest BCUT2D eigenvalue weighted by atomic mass is 35.5. The molecule has 0 aromatic heterocycles. The first-order valence-corrected chi connectivity index (χ1v) is 6.23. The Labute approximate surface area is 110 Å². The Hall–Kier alpha value is -0.320. The largest absolute Gasteiger partial charge is 0.376 e. The van der Waals surface area contributed by atoms with E-state index in [4.69, 9.17) is 10.5 Å². The topological polar surface area (TPSA) is 55.6 Å². The van der Waals surface area contributed by atoms with E-state index < -0.39 is 0 Å². The molecule has 1 unspecified atom stereocenters. The van der Waals surface area contributed by atoms with Crippen molar-refractivity contribution in [1.29, 1.82) is 0 Å². The molecule has 0 aromatic carbocycles. The number of rotatable bonds is 6. The molecule has 1 heterocycles. The van der Waals surface area contributed by atoms with Gasteiger partial charge in [0.1, 0.15) is 0 Å². The lowest BCUT2D eigenvalue weighted by Gasteiger charge is -2.16. The fourth-order valence-electron chi connectivity index (χ4n) is 1.84. The van der Waals surface area contributed by atoms with Gasteiger partial charge in [-0.05, 0) is 18.8 Å². The minimum absolute atomic E-state index is 0. The second kappa shape index (κ2) is 8.72. The second-order valence-electron chi connectivity index (χ2n) is 4.84. The number of carbonyl (C=O) groups is 1. The standard InChI is InChI=1S/C12H24N2O2.ClH/c1-10(2)5-8-16-11-4-7-14(9-11)12(15)3-6-13;/h10-11H,3-9,13H2,1-2H3;1H. The maximum absolute atomic E-state index is 11.6. The third kappa shape index (κ3) is 6.24. The van der Waals surface area contributed by atoms with Crippen molar-refractivity contribution in [2.75, 3.05) is 26.2 Å². The molecular weight excluding hydrogens is 240 g/mol. The number of hydrogen-bond donors (Lipinski definition) is 1. The summed E-state index contributed by atoms with van der Waals surface area (Å²) < 4.78 is 5.75. The number of halogens is 1. The van der Waals surface area contributed by atoms with Crippen molar-refractivity contribution in [2.45, 2.75) is 39.2 Å². The lowest BCUT2D eigenvalue weighted by atomic mass is 10.1. The minimum Gasteiger partial charge on any atom is -0.376 e. The first-order chi connectivity index (χ1) is 7.63. The maximum atomic E-state index is 11.6. The molecule has 2 N–H and O–H groups in total. The molecule has 1 amide bonds. The van der Waals surface area contributed by atoms with Crippen molar-refractivity contribution >= 4 is 18.3 Å². The van der Waals surface area contributed by atoms with E-state index in [1.165, 1.54) is 0 Å². The summed E-state index contributed by atoms with van der Waals surface area (Å²) in [5.74, 6) is 0.842. The highest BCUT2D eigenvalue weighted by Crippen LogP contribution is 2.14. The number of ether oxygens (including phenoxy) is 1. The number of carbonyl (C=O) groups excluding carboxylic acids is 1. The van der Waals surface area contributed by atoms with E-state index in [-0.39, 0.29) is 24.4 Å². The van der Waals surface area contributed by atoms with Gasteiger partial charge in [0.15, 0.2) is 0 Å². The molecule has 1 aliphatic rings. The van der Waals surface area contributed by atoms with Gasteiger partial charge in [-0.2, -0.15) is 0 Å². The normalized spacial score (nSPS) is 19.5. The molecule has 0 bridgehead atoms. The average molecular weight is 265 g/mol.